The predicted molar refractivity (Wildman–Crippen MR) is 77.0 cm³/mol. The monoisotopic (exact) mass is 318 g/mol. The normalized spacial score (nSPS) is 19.5. The van der Waals surface area contributed by atoms with Crippen molar-refractivity contribution < 1.29 is 23.0 Å². The van der Waals surface area contributed by atoms with E-state index in [1.807, 2.05) is 6.07 Å². The Kier molecular flexibility index (Phi) is 5.52. The molecule has 1 heterocycles. The first-order chi connectivity index (χ1) is 10.4. The number of nitrogens with one attached hydrogen (secondary N) is 1. The summed E-state index contributed by atoms with van der Waals surface area (Å²) >= 11 is 0. The van der Waals surface area contributed by atoms with Crippen LogP contribution in [0.25, 0.3) is 0 Å². The van der Waals surface area contributed by atoms with Crippen molar-refractivity contribution >= 4 is 0 Å². The minimum Gasteiger partial charge on any atom is -0.504 e. The third-order valence-corrected chi connectivity index (χ3v) is 3.78. The van der Waals surface area contributed by atoms with Gasteiger partial charge in [-0.1, -0.05) is 6.07 Å². The third-order valence-electron chi connectivity index (χ3n) is 3.78. The molecule has 1 aliphatic heterocycles. The van der Waals surface area contributed by atoms with Gasteiger partial charge in [0.15, 0.2) is 11.5 Å². The summed E-state index contributed by atoms with van der Waals surface area (Å²) in [7, 11) is 1.49. The zero-order valence-corrected chi connectivity index (χ0v) is 12.5. The van der Waals surface area contributed by atoms with Gasteiger partial charge < -0.3 is 15.2 Å². The van der Waals surface area contributed by atoms with Crippen molar-refractivity contribution in [2.45, 2.75) is 19.1 Å². The number of benzene rings is 1. The molecular weight excluding hydrogens is 297 g/mol. The van der Waals surface area contributed by atoms with Gasteiger partial charge >= 0.3 is 6.18 Å². The van der Waals surface area contributed by atoms with E-state index in [0.29, 0.717) is 31.9 Å². The molecule has 4 nitrogen and oxygen atoms in total. The van der Waals surface area contributed by atoms with E-state index in [-0.39, 0.29) is 11.7 Å². The van der Waals surface area contributed by atoms with Crippen LogP contribution in [0.15, 0.2) is 18.2 Å². The lowest BCUT2D eigenvalue weighted by atomic mass is 10.1. The highest BCUT2D eigenvalue weighted by Crippen LogP contribution is 2.26. The number of methoxy groups -OCH3 is 1. The van der Waals surface area contributed by atoms with E-state index in [9.17, 15) is 18.3 Å². The number of alkyl halides is 3. The number of nitrogens with zero attached hydrogens (tertiary/aromatic N) is 1. The van der Waals surface area contributed by atoms with Crippen molar-refractivity contribution in [1.29, 1.82) is 0 Å². The molecule has 2 N–H and O–H groups in total. The van der Waals surface area contributed by atoms with E-state index in [4.69, 9.17) is 4.74 Å². The largest absolute Gasteiger partial charge is 0.504 e. The Balaban J connectivity index is 1.72. The van der Waals surface area contributed by atoms with Gasteiger partial charge in [0.1, 0.15) is 0 Å². The molecule has 1 saturated heterocycles. The fourth-order valence-electron chi connectivity index (χ4n) is 2.74. The molecule has 1 aliphatic rings. The molecule has 1 atom stereocenters. The van der Waals surface area contributed by atoms with E-state index < -0.39 is 12.7 Å². The van der Waals surface area contributed by atoms with E-state index in [2.05, 4.69) is 5.32 Å². The maximum absolute atomic E-state index is 12.3. The summed E-state index contributed by atoms with van der Waals surface area (Å²) in [6.07, 6.45) is -3.35. The second-order valence-corrected chi connectivity index (χ2v) is 5.64. The molecule has 2 rings (SSSR count). The Bertz CT molecular complexity index is 494. The van der Waals surface area contributed by atoms with Crippen LogP contribution < -0.4 is 10.1 Å². The number of aromatic hydroxyl groups is 1. The number of likely N-dealkylation sites (tertiary alicyclic amines) is 1. The zero-order valence-electron chi connectivity index (χ0n) is 12.5. The van der Waals surface area contributed by atoms with Crippen LogP contribution in [0.3, 0.4) is 0 Å². The second-order valence-electron chi connectivity index (χ2n) is 5.64. The molecule has 0 amide bonds. The minimum absolute atomic E-state index is 0.0824. The fourth-order valence-corrected chi connectivity index (χ4v) is 2.74. The zero-order chi connectivity index (χ0) is 16.2. The molecule has 0 aromatic heterocycles. The Morgan fingerprint density at radius 3 is 2.82 bits per heavy atom. The molecule has 0 spiro atoms. The van der Waals surface area contributed by atoms with Crippen LogP contribution in [-0.2, 0) is 6.54 Å². The summed E-state index contributed by atoms with van der Waals surface area (Å²) in [5.41, 5.74) is 0.906. The molecule has 0 aliphatic carbocycles. The van der Waals surface area contributed by atoms with Gasteiger partial charge in [0.05, 0.1) is 13.7 Å². The predicted octanol–water partition coefficient (Wildman–Crippen LogP) is 2.37. The van der Waals surface area contributed by atoms with E-state index in [1.54, 1.807) is 12.1 Å². The van der Waals surface area contributed by atoms with Crippen LogP contribution in [0.5, 0.6) is 11.5 Å². The minimum atomic E-state index is -4.12. The smallest absolute Gasteiger partial charge is 0.401 e. The number of phenols is 1. The molecule has 124 valence electrons. The van der Waals surface area contributed by atoms with Gasteiger partial charge in [-0.2, -0.15) is 13.2 Å². The summed E-state index contributed by atoms with van der Waals surface area (Å²) in [4.78, 5) is 1.45. The van der Waals surface area contributed by atoms with E-state index in [0.717, 1.165) is 12.0 Å². The first-order valence-electron chi connectivity index (χ1n) is 7.23. The quantitative estimate of drug-likeness (QED) is 0.845. The van der Waals surface area contributed by atoms with Crippen molar-refractivity contribution in [2.75, 3.05) is 33.3 Å². The lowest BCUT2D eigenvalue weighted by molar-refractivity contribution is -0.143. The van der Waals surface area contributed by atoms with Crippen molar-refractivity contribution in [3.63, 3.8) is 0 Å². The molecule has 22 heavy (non-hydrogen) atoms. The standard InChI is InChI=1S/C15H21F3N2O2/c1-22-14-3-2-11(6-13(14)21)7-19-8-12-4-5-20(9-12)10-15(16,17)18/h2-3,6,12,19,21H,4-5,7-10H2,1H3. The highest BCUT2D eigenvalue weighted by molar-refractivity contribution is 5.41. The summed E-state index contributed by atoms with van der Waals surface area (Å²) in [6.45, 7) is 1.37. The van der Waals surface area contributed by atoms with Crippen LogP contribution in [0, 0.1) is 5.92 Å². The molecule has 1 unspecified atom stereocenters. The lowest BCUT2D eigenvalue weighted by Crippen LogP contribution is -2.33. The Morgan fingerprint density at radius 1 is 1.41 bits per heavy atom. The number of rotatable bonds is 6. The van der Waals surface area contributed by atoms with Crippen molar-refractivity contribution in [3.05, 3.63) is 23.8 Å². The van der Waals surface area contributed by atoms with Gasteiger partial charge in [0, 0.05) is 13.1 Å². The number of phenolic OH excluding ortho intramolecular Hbond substituents is 1. The van der Waals surface area contributed by atoms with Crippen LogP contribution in [0.2, 0.25) is 0 Å². The number of hydrogen-bond donors (Lipinski definition) is 2. The molecule has 1 aromatic carbocycles. The number of halogens is 3. The van der Waals surface area contributed by atoms with E-state index >= 15 is 0 Å². The summed E-state index contributed by atoms with van der Waals surface area (Å²) < 4.78 is 41.9. The Hall–Kier alpha value is -1.47. The maximum Gasteiger partial charge on any atom is 0.401 e. The van der Waals surface area contributed by atoms with Gasteiger partial charge in [-0.3, -0.25) is 4.90 Å². The van der Waals surface area contributed by atoms with Crippen LogP contribution >= 0.6 is 0 Å². The SMILES string of the molecule is COc1ccc(CNCC2CCN(CC(F)(F)F)C2)cc1O. The molecular formula is C15H21F3N2O2. The third kappa shape index (κ3) is 5.06. The molecule has 7 heteroatoms. The topological polar surface area (TPSA) is 44.7 Å². The molecule has 0 bridgehead atoms. The maximum atomic E-state index is 12.3. The van der Waals surface area contributed by atoms with Gasteiger partial charge in [0.25, 0.3) is 0 Å². The first-order valence-corrected chi connectivity index (χ1v) is 7.23. The van der Waals surface area contributed by atoms with Crippen LogP contribution in [0.4, 0.5) is 13.2 Å². The van der Waals surface area contributed by atoms with Crippen LogP contribution in [-0.4, -0.2) is 49.5 Å². The van der Waals surface area contributed by atoms with Crippen molar-refractivity contribution in [3.8, 4) is 11.5 Å². The van der Waals surface area contributed by atoms with Gasteiger partial charge in [-0.15, -0.1) is 0 Å². The summed E-state index contributed by atoms with van der Waals surface area (Å²) in [5.74, 6) is 0.732. The van der Waals surface area contributed by atoms with Crippen molar-refractivity contribution in [2.24, 2.45) is 5.92 Å². The average Bonchev–Trinajstić information content (AvgIpc) is 2.84. The average molecular weight is 318 g/mol. The molecule has 0 saturated carbocycles. The Labute approximate surface area is 127 Å². The first kappa shape index (κ1) is 16.9. The van der Waals surface area contributed by atoms with Gasteiger partial charge in [-0.05, 0) is 43.1 Å². The highest BCUT2D eigenvalue weighted by Gasteiger charge is 2.34. The number of hydrogen-bond acceptors (Lipinski definition) is 4. The Morgan fingerprint density at radius 2 is 2.18 bits per heavy atom. The van der Waals surface area contributed by atoms with E-state index in [1.165, 1.54) is 12.0 Å². The fraction of sp³-hybridized carbons (Fsp3) is 0.600. The number of ether oxygens (including phenoxy) is 1. The summed E-state index contributed by atoms with van der Waals surface area (Å²) in [6, 6.07) is 5.15. The molecule has 0 radical (unpaired) electrons. The summed E-state index contributed by atoms with van der Waals surface area (Å²) in [5, 5.41) is 12.9. The van der Waals surface area contributed by atoms with Gasteiger partial charge in [0.2, 0.25) is 0 Å². The second kappa shape index (κ2) is 7.19. The van der Waals surface area contributed by atoms with Gasteiger partial charge in [-0.25, -0.2) is 0 Å². The van der Waals surface area contributed by atoms with Crippen molar-refractivity contribution in [1.82, 2.24) is 10.2 Å². The lowest BCUT2D eigenvalue weighted by Gasteiger charge is -2.18. The molecule has 1 fully saturated rings. The molecule has 1 aromatic rings. The van der Waals surface area contributed by atoms with Crippen LogP contribution in [0.1, 0.15) is 12.0 Å². The highest BCUT2D eigenvalue weighted by atomic mass is 19.4.